The Bertz CT molecular complexity index is 875. The zero-order chi connectivity index (χ0) is 16.5. The maximum absolute atomic E-state index is 13.5. The molecule has 0 aliphatic carbocycles. The molecule has 1 unspecified atom stereocenters. The van der Waals surface area contributed by atoms with Gasteiger partial charge in [-0.05, 0) is 23.8 Å². The average molecular weight is 321 g/mol. The second-order valence-corrected chi connectivity index (χ2v) is 5.84. The van der Waals surface area contributed by atoms with Gasteiger partial charge in [0, 0.05) is 24.2 Å². The molecule has 1 atom stereocenters. The first kappa shape index (κ1) is 14.6. The third kappa shape index (κ3) is 2.48. The highest BCUT2D eigenvalue weighted by Crippen LogP contribution is 2.34. The van der Waals surface area contributed by atoms with Gasteiger partial charge in [0.15, 0.2) is 0 Å². The third-order valence-electron chi connectivity index (χ3n) is 4.37. The number of halogens is 1. The summed E-state index contributed by atoms with van der Waals surface area (Å²) in [5, 5.41) is 0. The van der Waals surface area contributed by atoms with E-state index in [9.17, 15) is 9.18 Å². The lowest BCUT2D eigenvalue weighted by atomic mass is 9.95. The number of rotatable bonds is 2. The third-order valence-corrected chi connectivity index (χ3v) is 4.37. The van der Waals surface area contributed by atoms with Crippen LogP contribution in [0, 0.1) is 5.82 Å². The number of H-pyrrole nitrogens is 1. The summed E-state index contributed by atoms with van der Waals surface area (Å²) >= 11 is 0. The van der Waals surface area contributed by atoms with E-state index in [2.05, 4.69) is 9.97 Å². The van der Waals surface area contributed by atoms with Crippen molar-refractivity contribution >= 4 is 5.91 Å². The van der Waals surface area contributed by atoms with Gasteiger partial charge in [0.05, 0.1) is 12.0 Å². The summed E-state index contributed by atoms with van der Waals surface area (Å²) in [5.74, 6) is -0.591. The summed E-state index contributed by atoms with van der Waals surface area (Å²) in [7, 11) is 0. The van der Waals surface area contributed by atoms with Gasteiger partial charge in [0.1, 0.15) is 11.9 Å². The number of carbonyl (C=O) groups is 1. The van der Waals surface area contributed by atoms with Crippen molar-refractivity contribution in [2.45, 2.75) is 12.5 Å². The Morgan fingerprint density at radius 2 is 2.00 bits per heavy atom. The van der Waals surface area contributed by atoms with Crippen LogP contribution in [0.5, 0.6) is 0 Å². The van der Waals surface area contributed by atoms with Crippen LogP contribution in [0.15, 0.2) is 60.9 Å². The number of aromatic nitrogens is 2. The number of imidazole rings is 1. The van der Waals surface area contributed by atoms with Crippen LogP contribution in [0.3, 0.4) is 0 Å². The minimum atomic E-state index is -0.408. The number of amides is 1. The summed E-state index contributed by atoms with van der Waals surface area (Å²) in [6.07, 6.45) is 2.37. The standard InChI is InChI=1S/C19H16FN3O/c20-15-8-4-7-14(11-15)19(24)23-10-9-16-17(22-12-21-16)18(23)13-5-2-1-3-6-13/h1-8,11-12,18H,9-10H2,(H,21,22). The van der Waals surface area contributed by atoms with E-state index < -0.39 is 5.82 Å². The molecule has 1 aromatic heterocycles. The van der Waals surface area contributed by atoms with Crippen molar-refractivity contribution < 1.29 is 9.18 Å². The Hall–Kier alpha value is -2.95. The molecule has 2 aromatic carbocycles. The molecule has 0 radical (unpaired) electrons. The van der Waals surface area contributed by atoms with Gasteiger partial charge in [0.25, 0.3) is 5.91 Å². The van der Waals surface area contributed by atoms with Crippen molar-refractivity contribution in [2.24, 2.45) is 0 Å². The van der Waals surface area contributed by atoms with E-state index in [1.807, 2.05) is 30.3 Å². The minimum Gasteiger partial charge on any atom is -0.348 e. The molecule has 1 aliphatic rings. The lowest BCUT2D eigenvalue weighted by Gasteiger charge is -2.35. The number of nitrogens with one attached hydrogen (secondary N) is 1. The van der Waals surface area contributed by atoms with Crippen LogP contribution in [-0.4, -0.2) is 27.3 Å². The smallest absolute Gasteiger partial charge is 0.254 e. The molecule has 0 spiro atoms. The fourth-order valence-corrected chi connectivity index (χ4v) is 3.26. The maximum Gasteiger partial charge on any atom is 0.254 e. The van der Waals surface area contributed by atoms with E-state index in [0.717, 1.165) is 17.0 Å². The van der Waals surface area contributed by atoms with Gasteiger partial charge in [-0.3, -0.25) is 4.79 Å². The molecule has 1 aliphatic heterocycles. The second-order valence-electron chi connectivity index (χ2n) is 5.84. The molecule has 0 fully saturated rings. The Kier molecular flexibility index (Phi) is 3.61. The number of hydrogen-bond acceptors (Lipinski definition) is 2. The molecule has 0 saturated heterocycles. The van der Waals surface area contributed by atoms with E-state index in [1.54, 1.807) is 23.4 Å². The van der Waals surface area contributed by atoms with Gasteiger partial charge in [-0.25, -0.2) is 9.37 Å². The van der Waals surface area contributed by atoms with Crippen molar-refractivity contribution in [3.8, 4) is 0 Å². The van der Waals surface area contributed by atoms with Crippen LogP contribution in [0.2, 0.25) is 0 Å². The van der Waals surface area contributed by atoms with Gasteiger partial charge in [-0.1, -0.05) is 36.4 Å². The highest BCUT2D eigenvalue weighted by Gasteiger charge is 2.34. The molecule has 24 heavy (non-hydrogen) atoms. The lowest BCUT2D eigenvalue weighted by Crippen LogP contribution is -2.40. The van der Waals surface area contributed by atoms with Crippen molar-refractivity contribution in [3.63, 3.8) is 0 Å². The van der Waals surface area contributed by atoms with Crippen molar-refractivity contribution in [3.05, 3.63) is 89.3 Å². The molecular weight excluding hydrogens is 305 g/mol. The van der Waals surface area contributed by atoms with Crippen LogP contribution in [-0.2, 0) is 6.42 Å². The number of hydrogen-bond donors (Lipinski definition) is 1. The topological polar surface area (TPSA) is 49.0 Å². The molecule has 1 N–H and O–H groups in total. The fraction of sp³-hybridized carbons (Fsp3) is 0.158. The molecule has 4 rings (SSSR count). The summed E-state index contributed by atoms with van der Waals surface area (Å²) < 4.78 is 13.5. The molecule has 1 amide bonds. The van der Waals surface area contributed by atoms with Crippen molar-refractivity contribution in [1.82, 2.24) is 14.9 Å². The molecule has 2 heterocycles. The first-order valence-corrected chi connectivity index (χ1v) is 7.87. The first-order chi connectivity index (χ1) is 11.7. The maximum atomic E-state index is 13.5. The lowest BCUT2D eigenvalue weighted by molar-refractivity contribution is 0.0690. The number of carbonyl (C=O) groups excluding carboxylic acids is 1. The fourth-order valence-electron chi connectivity index (χ4n) is 3.26. The van der Waals surface area contributed by atoms with Gasteiger partial charge in [-0.2, -0.15) is 0 Å². The molecule has 4 nitrogen and oxygen atoms in total. The van der Waals surface area contributed by atoms with Gasteiger partial charge < -0.3 is 9.88 Å². The Labute approximate surface area is 139 Å². The van der Waals surface area contributed by atoms with E-state index in [4.69, 9.17) is 0 Å². The number of aromatic amines is 1. The highest BCUT2D eigenvalue weighted by molar-refractivity contribution is 5.95. The normalized spacial score (nSPS) is 16.7. The van der Waals surface area contributed by atoms with Crippen LogP contribution in [0.4, 0.5) is 4.39 Å². The Morgan fingerprint density at radius 1 is 1.17 bits per heavy atom. The van der Waals surface area contributed by atoms with E-state index in [1.165, 1.54) is 12.1 Å². The number of nitrogens with zero attached hydrogens (tertiary/aromatic N) is 2. The van der Waals surface area contributed by atoms with Crippen LogP contribution in [0.25, 0.3) is 0 Å². The molecule has 5 heteroatoms. The SMILES string of the molecule is O=C(c1cccc(F)c1)N1CCc2[nH]cnc2C1c1ccccc1. The quantitative estimate of drug-likeness (QED) is 0.787. The molecular formula is C19H16FN3O. The molecule has 120 valence electrons. The van der Waals surface area contributed by atoms with Crippen LogP contribution in [0.1, 0.15) is 33.4 Å². The zero-order valence-corrected chi connectivity index (χ0v) is 12.9. The predicted molar refractivity (Wildman–Crippen MR) is 88.0 cm³/mol. The summed E-state index contributed by atoms with van der Waals surface area (Å²) in [4.78, 5) is 22.4. The first-order valence-electron chi connectivity index (χ1n) is 7.87. The highest BCUT2D eigenvalue weighted by atomic mass is 19.1. The number of benzene rings is 2. The largest absolute Gasteiger partial charge is 0.348 e. The van der Waals surface area contributed by atoms with Crippen LogP contribution >= 0.6 is 0 Å². The van der Waals surface area contributed by atoms with E-state index in [0.29, 0.717) is 18.5 Å². The van der Waals surface area contributed by atoms with E-state index >= 15 is 0 Å². The predicted octanol–water partition coefficient (Wildman–Crippen LogP) is 3.34. The molecule has 0 bridgehead atoms. The molecule has 0 saturated carbocycles. The van der Waals surface area contributed by atoms with Gasteiger partial charge in [-0.15, -0.1) is 0 Å². The molecule has 3 aromatic rings. The number of fused-ring (bicyclic) bond motifs is 1. The van der Waals surface area contributed by atoms with Crippen molar-refractivity contribution in [1.29, 1.82) is 0 Å². The summed E-state index contributed by atoms with van der Waals surface area (Å²) in [6, 6.07) is 15.4. The Balaban J connectivity index is 1.78. The average Bonchev–Trinajstić information content (AvgIpc) is 3.09. The zero-order valence-electron chi connectivity index (χ0n) is 12.9. The van der Waals surface area contributed by atoms with Crippen molar-refractivity contribution in [2.75, 3.05) is 6.54 Å². The second kappa shape index (κ2) is 5.92. The minimum absolute atomic E-state index is 0.183. The summed E-state index contributed by atoms with van der Waals surface area (Å²) in [6.45, 7) is 0.560. The van der Waals surface area contributed by atoms with Gasteiger partial charge >= 0.3 is 0 Å². The van der Waals surface area contributed by atoms with Gasteiger partial charge in [0.2, 0.25) is 0 Å². The Morgan fingerprint density at radius 3 is 2.79 bits per heavy atom. The van der Waals surface area contributed by atoms with E-state index in [-0.39, 0.29) is 11.9 Å². The van der Waals surface area contributed by atoms with Crippen LogP contribution < -0.4 is 0 Å². The summed E-state index contributed by atoms with van der Waals surface area (Å²) in [5.41, 5.74) is 3.26. The monoisotopic (exact) mass is 321 g/mol.